The molecule has 90 valence electrons. The minimum Gasteiger partial charge on any atom is -0.506 e. The van der Waals surface area contributed by atoms with Gasteiger partial charge in [0.15, 0.2) is 0 Å². The third kappa shape index (κ3) is 2.59. The number of phenolic OH excluding ortho intramolecular Hbond substituents is 1. The molecule has 2 nitrogen and oxygen atoms in total. The number of alkyl halides is 3. The number of aromatic hydroxyl groups is 1. The highest BCUT2D eigenvalue weighted by atomic mass is 35.5. The van der Waals surface area contributed by atoms with Gasteiger partial charge in [-0.25, -0.2) is 0 Å². The normalized spacial score (nSPS) is 12.9. The van der Waals surface area contributed by atoms with Gasteiger partial charge in [0.25, 0.3) is 0 Å². The quantitative estimate of drug-likeness (QED) is 0.807. The number of hydrogen-bond acceptors (Lipinski definition) is 2. The van der Waals surface area contributed by atoms with Gasteiger partial charge in [-0.05, 0) is 31.5 Å². The van der Waals surface area contributed by atoms with Crippen molar-refractivity contribution < 1.29 is 18.3 Å². The van der Waals surface area contributed by atoms with Crippen molar-refractivity contribution in [1.29, 1.82) is 0 Å². The lowest BCUT2D eigenvalue weighted by Gasteiger charge is -2.21. The zero-order valence-electron chi connectivity index (χ0n) is 8.69. The molecule has 3 N–H and O–H groups in total. The molecule has 0 amide bonds. The second-order valence-electron chi connectivity index (χ2n) is 4.07. The predicted molar refractivity (Wildman–Crippen MR) is 55.3 cm³/mol. The van der Waals surface area contributed by atoms with Crippen molar-refractivity contribution in [2.45, 2.75) is 25.6 Å². The van der Waals surface area contributed by atoms with E-state index in [1.807, 2.05) is 0 Å². The van der Waals surface area contributed by atoms with Crippen molar-refractivity contribution in [3.05, 3.63) is 28.3 Å². The van der Waals surface area contributed by atoms with E-state index in [-0.39, 0.29) is 10.6 Å². The van der Waals surface area contributed by atoms with Crippen molar-refractivity contribution in [3.8, 4) is 5.75 Å². The van der Waals surface area contributed by atoms with E-state index in [1.165, 1.54) is 6.07 Å². The molecule has 0 heterocycles. The van der Waals surface area contributed by atoms with Crippen LogP contribution in [0.3, 0.4) is 0 Å². The fourth-order valence-corrected chi connectivity index (χ4v) is 1.41. The molecular weight excluding hydrogens is 243 g/mol. The Bertz CT molecular complexity index is 410. The Labute approximate surface area is 95.8 Å². The molecule has 0 aromatic heterocycles. The van der Waals surface area contributed by atoms with Crippen LogP contribution in [0, 0.1) is 0 Å². The van der Waals surface area contributed by atoms with E-state index in [2.05, 4.69) is 0 Å². The highest BCUT2D eigenvalue weighted by molar-refractivity contribution is 6.32. The van der Waals surface area contributed by atoms with E-state index in [0.717, 1.165) is 6.07 Å². The van der Waals surface area contributed by atoms with E-state index in [0.29, 0.717) is 0 Å². The molecule has 0 saturated heterocycles. The molecule has 0 saturated carbocycles. The molecule has 0 atom stereocenters. The van der Waals surface area contributed by atoms with Crippen LogP contribution in [0.1, 0.15) is 25.0 Å². The first-order valence-electron chi connectivity index (χ1n) is 4.42. The number of halogens is 4. The van der Waals surface area contributed by atoms with Crippen molar-refractivity contribution >= 4 is 11.6 Å². The maximum atomic E-state index is 12.5. The Hall–Kier alpha value is -0.940. The van der Waals surface area contributed by atoms with Gasteiger partial charge in [0.2, 0.25) is 0 Å². The summed E-state index contributed by atoms with van der Waals surface area (Å²) in [6, 6.07) is 2.04. The zero-order chi connectivity index (χ0) is 12.7. The zero-order valence-corrected chi connectivity index (χ0v) is 9.45. The summed E-state index contributed by atoms with van der Waals surface area (Å²) in [7, 11) is 0. The molecule has 0 radical (unpaired) electrons. The topological polar surface area (TPSA) is 46.2 Å². The van der Waals surface area contributed by atoms with Crippen molar-refractivity contribution in [2.75, 3.05) is 0 Å². The minimum atomic E-state index is -4.66. The standard InChI is InChI=1S/C10H11ClF3NO/c1-9(2,15)5-3-6(10(12,13)14)8(16)7(11)4-5/h3-4,16H,15H2,1-2H3. The minimum absolute atomic E-state index is 0.211. The van der Waals surface area contributed by atoms with Crippen molar-refractivity contribution in [1.82, 2.24) is 0 Å². The largest absolute Gasteiger partial charge is 0.506 e. The maximum Gasteiger partial charge on any atom is 0.420 e. The van der Waals surface area contributed by atoms with Crippen LogP contribution in [0.15, 0.2) is 12.1 Å². The molecule has 0 aliphatic rings. The summed E-state index contributed by atoms with van der Waals surface area (Å²) in [6.07, 6.45) is -4.66. The van der Waals surface area contributed by atoms with E-state index in [9.17, 15) is 18.3 Å². The third-order valence-corrected chi connectivity index (χ3v) is 2.40. The molecule has 16 heavy (non-hydrogen) atoms. The molecule has 0 aliphatic carbocycles. The number of benzene rings is 1. The summed E-state index contributed by atoms with van der Waals surface area (Å²) < 4.78 is 37.6. The molecule has 0 bridgehead atoms. The van der Waals surface area contributed by atoms with Gasteiger partial charge in [0.05, 0.1) is 10.6 Å². The Balaban J connectivity index is 3.46. The van der Waals surface area contributed by atoms with Crippen LogP contribution in [0.4, 0.5) is 13.2 Å². The van der Waals surface area contributed by atoms with E-state index < -0.39 is 23.0 Å². The van der Waals surface area contributed by atoms with Crippen LogP contribution < -0.4 is 5.73 Å². The Morgan fingerprint density at radius 2 is 1.75 bits per heavy atom. The second kappa shape index (κ2) is 3.82. The average Bonchev–Trinajstić information content (AvgIpc) is 2.05. The number of phenols is 1. The highest BCUT2D eigenvalue weighted by Crippen LogP contribution is 2.41. The summed E-state index contributed by atoms with van der Waals surface area (Å²) in [6.45, 7) is 3.10. The van der Waals surface area contributed by atoms with Gasteiger partial charge in [-0.15, -0.1) is 0 Å². The van der Waals surface area contributed by atoms with Crippen LogP contribution in [-0.4, -0.2) is 5.11 Å². The monoisotopic (exact) mass is 253 g/mol. The van der Waals surface area contributed by atoms with E-state index in [1.54, 1.807) is 13.8 Å². The van der Waals surface area contributed by atoms with Crippen LogP contribution in [0.25, 0.3) is 0 Å². The SMILES string of the molecule is CC(C)(N)c1cc(Cl)c(O)c(C(F)(F)F)c1. The van der Waals surface area contributed by atoms with E-state index >= 15 is 0 Å². The van der Waals surface area contributed by atoms with Crippen LogP contribution >= 0.6 is 11.6 Å². The highest BCUT2D eigenvalue weighted by Gasteiger charge is 2.36. The first-order chi connectivity index (χ1) is 7.03. The van der Waals surface area contributed by atoms with Gasteiger partial charge in [0, 0.05) is 5.54 Å². The van der Waals surface area contributed by atoms with Gasteiger partial charge >= 0.3 is 6.18 Å². The predicted octanol–water partition coefficient (Wildman–Crippen LogP) is 3.26. The van der Waals surface area contributed by atoms with Crippen LogP contribution in [0.2, 0.25) is 5.02 Å². The molecule has 1 aromatic carbocycles. The Morgan fingerprint density at radius 3 is 2.12 bits per heavy atom. The van der Waals surface area contributed by atoms with Crippen LogP contribution in [0.5, 0.6) is 5.75 Å². The first-order valence-corrected chi connectivity index (χ1v) is 4.80. The molecule has 0 spiro atoms. The van der Waals surface area contributed by atoms with Gasteiger partial charge in [-0.3, -0.25) is 0 Å². The number of nitrogens with two attached hydrogens (primary N) is 1. The lowest BCUT2D eigenvalue weighted by atomic mass is 9.93. The summed E-state index contributed by atoms with van der Waals surface area (Å²) in [5, 5.41) is 8.87. The molecule has 6 heteroatoms. The lowest BCUT2D eigenvalue weighted by molar-refractivity contribution is -0.138. The van der Waals surface area contributed by atoms with Gasteiger partial charge in [-0.1, -0.05) is 11.6 Å². The second-order valence-corrected chi connectivity index (χ2v) is 4.48. The average molecular weight is 254 g/mol. The summed E-state index contributed by atoms with van der Waals surface area (Å²) in [5.74, 6) is -0.970. The molecular formula is C10H11ClF3NO. The lowest BCUT2D eigenvalue weighted by Crippen LogP contribution is -2.29. The van der Waals surface area contributed by atoms with E-state index in [4.69, 9.17) is 17.3 Å². The van der Waals surface area contributed by atoms with Crippen molar-refractivity contribution in [2.24, 2.45) is 5.73 Å². The molecule has 1 aromatic rings. The molecule has 1 rings (SSSR count). The third-order valence-electron chi connectivity index (χ3n) is 2.11. The molecule has 0 fully saturated rings. The first kappa shape index (κ1) is 13.1. The van der Waals surface area contributed by atoms with Gasteiger partial charge in [0.1, 0.15) is 5.75 Å². The summed E-state index contributed by atoms with van der Waals surface area (Å²) >= 11 is 5.53. The molecule has 0 aliphatic heterocycles. The fraction of sp³-hybridized carbons (Fsp3) is 0.400. The fourth-order valence-electron chi connectivity index (χ4n) is 1.19. The number of hydrogen-bond donors (Lipinski definition) is 2. The molecule has 0 unspecified atom stereocenters. The smallest absolute Gasteiger partial charge is 0.420 e. The van der Waals surface area contributed by atoms with Crippen LogP contribution in [-0.2, 0) is 11.7 Å². The maximum absolute atomic E-state index is 12.5. The summed E-state index contributed by atoms with van der Waals surface area (Å²) in [4.78, 5) is 0. The Kier molecular flexibility index (Phi) is 3.13. The Morgan fingerprint density at radius 1 is 1.25 bits per heavy atom. The van der Waals surface area contributed by atoms with Crippen molar-refractivity contribution in [3.63, 3.8) is 0 Å². The number of rotatable bonds is 1. The van der Waals surface area contributed by atoms with Gasteiger partial charge < -0.3 is 10.8 Å². The summed E-state index contributed by atoms with van der Waals surface area (Å²) in [5.41, 5.74) is 3.76. The van der Waals surface area contributed by atoms with Gasteiger partial charge in [-0.2, -0.15) is 13.2 Å².